The molecule has 4 nitrogen and oxygen atoms in total. The van der Waals surface area contributed by atoms with Crippen LogP contribution in [0.4, 0.5) is 0 Å². The van der Waals surface area contributed by atoms with Gasteiger partial charge in [0, 0.05) is 18.5 Å². The summed E-state index contributed by atoms with van der Waals surface area (Å²) in [6.07, 6.45) is 7.59. The Kier molecular flexibility index (Phi) is 4.25. The number of aliphatic carboxylic acids is 1. The molecule has 2 fully saturated rings. The zero-order valence-corrected chi connectivity index (χ0v) is 11.1. The number of carbonyl (C=O) groups excluding carboxylic acids is 1. The molecule has 0 bridgehead atoms. The first-order chi connectivity index (χ1) is 8.59. The maximum atomic E-state index is 12.5. The fraction of sp³-hybridized carbons (Fsp3) is 0.857. The Labute approximate surface area is 108 Å². The van der Waals surface area contributed by atoms with Gasteiger partial charge in [0.05, 0.1) is 5.92 Å². The van der Waals surface area contributed by atoms with Gasteiger partial charge in [0.1, 0.15) is 0 Å². The summed E-state index contributed by atoms with van der Waals surface area (Å²) in [5.74, 6) is -0.902. The molecule has 0 saturated heterocycles. The minimum Gasteiger partial charge on any atom is -0.481 e. The summed E-state index contributed by atoms with van der Waals surface area (Å²) in [6.45, 7) is 2.07. The van der Waals surface area contributed by atoms with E-state index >= 15 is 0 Å². The highest BCUT2D eigenvalue weighted by Gasteiger charge is 2.37. The number of amides is 1. The monoisotopic (exact) mass is 253 g/mol. The van der Waals surface area contributed by atoms with Crippen LogP contribution in [0, 0.1) is 11.8 Å². The number of carboxylic acid groups (broad SMARTS) is 1. The van der Waals surface area contributed by atoms with Gasteiger partial charge in [0.25, 0.3) is 0 Å². The molecule has 1 atom stereocenters. The van der Waals surface area contributed by atoms with E-state index in [0.717, 1.165) is 38.5 Å². The van der Waals surface area contributed by atoms with E-state index in [1.54, 1.807) is 6.92 Å². The van der Waals surface area contributed by atoms with Gasteiger partial charge in [-0.25, -0.2) is 0 Å². The van der Waals surface area contributed by atoms with Crippen LogP contribution in [0.5, 0.6) is 0 Å². The summed E-state index contributed by atoms with van der Waals surface area (Å²) < 4.78 is 0. The summed E-state index contributed by atoms with van der Waals surface area (Å²) in [7, 11) is 0. The molecule has 0 aromatic carbocycles. The molecule has 2 saturated carbocycles. The Balaban J connectivity index is 1.95. The van der Waals surface area contributed by atoms with Gasteiger partial charge in [-0.1, -0.05) is 26.2 Å². The van der Waals surface area contributed by atoms with Gasteiger partial charge in [0.2, 0.25) is 5.91 Å². The van der Waals surface area contributed by atoms with Gasteiger partial charge >= 0.3 is 5.97 Å². The van der Waals surface area contributed by atoms with Crippen LogP contribution in [0.2, 0.25) is 0 Å². The first kappa shape index (κ1) is 13.4. The van der Waals surface area contributed by atoms with Gasteiger partial charge in [-0.15, -0.1) is 0 Å². The van der Waals surface area contributed by atoms with Crippen molar-refractivity contribution in [3.8, 4) is 0 Å². The molecule has 0 radical (unpaired) electrons. The highest BCUT2D eigenvalue weighted by atomic mass is 16.4. The van der Waals surface area contributed by atoms with E-state index in [1.165, 1.54) is 6.42 Å². The topological polar surface area (TPSA) is 57.6 Å². The summed E-state index contributed by atoms with van der Waals surface area (Å²) in [5, 5.41) is 8.99. The molecule has 0 spiro atoms. The van der Waals surface area contributed by atoms with Crippen molar-refractivity contribution >= 4 is 11.9 Å². The van der Waals surface area contributed by atoms with Crippen molar-refractivity contribution in [1.29, 1.82) is 0 Å². The van der Waals surface area contributed by atoms with Crippen molar-refractivity contribution in [3.05, 3.63) is 0 Å². The second-order valence-corrected chi connectivity index (χ2v) is 5.80. The van der Waals surface area contributed by atoms with Crippen molar-refractivity contribution in [3.63, 3.8) is 0 Å². The van der Waals surface area contributed by atoms with Crippen molar-refractivity contribution in [2.75, 3.05) is 6.54 Å². The molecular weight excluding hydrogens is 230 g/mol. The standard InChI is InChI=1S/C14H23NO3/c1-10(14(17)18)9-15(12-7-8-12)13(16)11-5-3-2-4-6-11/h10-12H,2-9H2,1H3,(H,17,18)/t10-/m0/s1. The molecule has 2 aliphatic carbocycles. The Bertz CT molecular complexity index is 319. The largest absolute Gasteiger partial charge is 0.481 e. The molecule has 2 aliphatic rings. The number of hydrogen-bond acceptors (Lipinski definition) is 2. The Morgan fingerprint density at radius 1 is 1.17 bits per heavy atom. The minimum atomic E-state index is -0.808. The van der Waals surface area contributed by atoms with Crippen LogP contribution in [0.3, 0.4) is 0 Å². The average Bonchev–Trinajstić information content (AvgIpc) is 3.20. The summed E-state index contributed by atoms with van der Waals surface area (Å²) in [5.41, 5.74) is 0. The fourth-order valence-corrected chi connectivity index (χ4v) is 2.76. The van der Waals surface area contributed by atoms with E-state index < -0.39 is 11.9 Å². The van der Waals surface area contributed by atoms with E-state index in [4.69, 9.17) is 5.11 Å². The van der Waals surface area contributed by atoms with Gasteiger partial charge < -0.3 is 10.0 Å². The lowest BCUT2D eigenvalue weighted by Crippen LogP contribution is -2.42. The molecule has 0 aromatic rings. The Morgan fingerprint density at radius 3 is 2.28 bits per heavy atom. The van der Waals surface area contributed by atoms with Gasteiger partial charge in [0.15, 0.2) is 0 Å². The van der Waals surface area contributed by atoms with Gasteiger partial charge in [-0.3, -0.25) is 9.59 Å². The summed E-state index contributed by atoms with van der Waals surface area (Å²) >= 11 is 0. The number of nitrogens with zero attached hydrogens (tertiary/aromatic N) is 1. The number of rotatable bonds is 5. The second kappa shape index (κ2) is 5.72. The quantitative estimate of drug-likeness (QED) is 0.817. The van der Waals surface area contributed by atoms with Crippen LogP contribution in [0.1, 0.15) is 51.9 Å². The fourth-order valence-electron chi connectivity index (χ4n) is 2.76. The molecule has 1 N–H and O–H groups in total. The van der Waals surface area contributed by atoms with Crippen molar-refractivity contribution < 1.29 is 14.7 Å². The minimum absolute atomic E-state index is 0.153. The molecule has 2 rings (SSSR count). The number of carbonyl (C=O) groups is 2. The average molecular weight is 253 g/mol. The molecule has 4 heteroatoms. The lowest BCUT2D eigenvalue weighted by Gasteiger charge is -2.30. The first-order valence-electron chi connectivity index (χ1n) is 7.13. The Morgan fingerprint density at radius 2 is 1.78 bits per heavy atom. The lowest BCUT2D eigenvalue weighted by molar-refractivity contribution is -0.144. The van der Waals surface area contributed by atoms with Crippen LogP contribution in [0.15, 0.2) is 0 Å². The van der Waals surface area contributed by atoms with Crippen molar-refractivity contribution in [2.45, 2.75) is 57.9 Å². The number of carboxylic acids is 1. The molecular formula is C14H23NO3. The first-order valence-corrected chi connectivity index (χ1v) is 7.13. The van der Waals surface area contributed by atoms with Gasteiger partial charge in [-0.05, 0) is 25.7 Å². The maximum Gasteiger partial charge on any atom is 0.308 e. The zero-order chi connectivity index (χ0) is 13.1. The second-order valence-electron chi connectivity index (χ2n) is 5.80. The molecule has 102 valence electrons. The van der Waals surface area contributed by atoms with E-state index in [0.29, 0.717) is 12.6 Å². The van der Waals surface area contributed by atoms with Crippen molar-refractivity contribution in [2.24, 2.45) is 11.8 Å². The smallest absolute Gasteiger partial charge is 0.308 e. The van der Waals surface area contributed by atoms with E-state index in [9.17, 15) is 9.59 Å². The van der Waals surface area contributed by atoms with Crippen LogP contribution < -0.4 is 0 Å². The van der Waals surface area contributed by atoms with Crippen LogP contribution in [0.25, 0.3) is 0 Å². The van der Waals surface area contributed by atoms with Crippen LogP contribution in [-0.2, 0) is 9.59 Å². The third-order valence-corrected chi connectivity index (χ3v) is 4.12. The Hall–Kier alpha value is -1.06. The van der Waals surface area contributed by atoms with Crippen LogP contribution in [-0.4, -0.2) is 34.5 Å². The van der Waals surface area contributed by atoms with E-state index in [-0.39, 0.29) is 11.8 Å². The molecule has 1 amide bonds. The zero-order valence-electron chi connectivity index (χ0n) is 11.1. The van der Waals surface area contributed by atoms with E-state index in [2.05, 4.69) is 0 Å². The highest BCUT2D eigenvalue weighted by Crippen LogP contribution is 2.32. The van der Waals surface area contributed by atoms with E-state index in [1.807, 2.05) is 4.90 Å². The summed E-state index contributed by atoms with van der Waals surface area (Å²) in [4.78, 5) is 25.3. The van der Waals surface area contributed by atoms with Crippen molar-refractivity contribution in [1.82, 2.24) is 4.90 Å². The lowest BCUT2D eigenvalue weighted by atomic mass is 9.88. The number of hydrogen-bond donors (Lipinski definition) is 1. The molecule has 0 unspecified atom stereocenters. The van der Waals surface area contributed by atoms with Gasteiger partial charge in [-0.2, -0.15) is 0 Å². The third kappa shape index (κ3) is 3.24. The van der Waals surface area contributed by atoms with Crippen LogP contribution >= 0.6 is 0 Å². The third-order valence-electron chi connectivity index (χ3n) is 4.12. The predicted octanol–water partition coefficient (Wildman–Crippen LogP) is 2.28. The molecule has 0 heterocycles. The molecule has 18 heavy (non-hydrogen) atoms. The predicted molar refractivity (Wildman–Crippen MR) is 68.1 cm³/mol. The SMILES string of the molecule is C[C@@H](CN(C(=O)C1CCCCC1)C1CC1)C(=O)O. The molecule has 0 aromatic heterocycles. The summed E-state index contributed by atoms with van der Waals surface area (Å²) in [6, 6.07) is 0.321. The normalized spacial score (nSPS) is 22.5. The highest BCUT2D eigenvalue weighted by molar-refractivity contribution is 5.80. The molecule has 0 aliphatic heterocycles. The maximum absolute atomic E-state index is 12.5.